The van der Waals surface area contributed by atoms with Gasteiger partial charge in [-0.15, -0.1) is 0 Å². The highest BCUT2D eigenvalue weighted by Gasteiger charge is 2.45. The molecule has 0 heterocycles. The molecule has 0 amide bonds. The summed E-state index contributed by atoms with van der Waals surface area (Å²) in [5.41, 5.74) is 1.87. The van der Waals surface area contributed by atoms with Gasteiger partial charge in [0.1, 0.15) is 0 Å². The highest BCUT2D eigenvalue weighted by molar-refractivity contribution is 5.81. The van der Waals surface area contributed by atoms with Crippen molar-refractivity contribution in [1.82, 2.24) is 0 Å². The third-order valence-electron chi connectivity index (χ3n) is 4.95. The van der Waals surface area contributed by atoms with Gasteiger partial charge in [0.15, 0.2) is 0 Å². The van der Waals surface area contributed by atoms with Gasteiger partial charge in [-0.25, -0.2) is 0 Å². The van der Waals surface area contributed by atoms with Crippen LogP contribution in [0, 0.1) is 11.3 Å². The largest absolute Gasteiger partial charge is 0.416 e. The number of alkyl halides is 6. The predicted octanol–water partition coefficient (Wildman–Crippen LogP) is 5.11. The predicted molar refractivity (Wildman–Crippen MR) is 77.7 cm³/mol. The molecule has 24 heavy (non-hydrogen) atoms. The van der Waals surface area contributed by atoms with Gasteiger partial charge in [-0.3, -0.25) is 5.41 Å². The van der Waals surface area contributed by atoms with Crippen LogP contribution in [-0.4, -0.2) is 5.84 Å². The van der Waals surface area contributed by atoms with Crippen LogP contribution >= 0.6 is 0 Å². The summed E-state index contributed by atoms with van der Waals surface area (Å²) < 4.78 is 78.4. The fourth-order valence-corrected chi connectivity index (χ4v) is 3.52. The molecule has 1 unspecified atom stereocenters. The average Bonchev–Trinajstić information content (AvgIpc) is 2.94. The van der Waals surface area contributed by atoms with Crippen molar-refractivity contribution < 1.29 is 26.3 Å². The molecule has 0 aliphatic heterocycles. The van der Waals surface area contributed by atoms with Gasteiger partial charge < -0.3 is 5.73 Å². The van der Waals surface area contributed by atoms with Gasteiger partial charge in [0.05, 0.1) is 17.0 Å². The Morgan fingerprint density at radius 2 is 1.42 bits per heavy atom. The molecule has 1 atom stereocenters. The lowest BCUT2D eigenvalue weighted by atomic mass is 9.68. The van der Waals surface area contributed by atoms with Gasteiger partial charge in [0.25, 0.3) is 0 Å². The molecule has 0 saturated heterocycles. The molecule has 2 rings (SSSR count). The normalized spacial score (nSPS) is 19.3. The second-order valence-corrected chi connectivity index (χ2v) is 6.33. The lowest BCUT2D eigenvalue weighted by molar-refractivity contribution is -0.143. The first-order valence-corrected chi connectivity index (χ1v) is 7.52. The Morgan fingerprint density at radius 3 is 1.75 bits per heavy atom. The summed E-state index contributed by atoms with van der Waals surface area (Å²) in [4.78, 5) is 0. The van der Waals surface area contributed by atoms with E-state index in [1.165, 1.54) is 0 Å². The SMILES string of the molecule is CC(C(=N)N)C1(c2cc(C(F)(F)F)cc(C(F)(F)F)c2)CCCC1. The molecule has 1 aromatic carbocycles. The minimum Gasteiger partial charge on any atom is -0.387 e. The summed E-state index contributed by atoms with van der Waals surface area (Å²) in [6.45, 7) is 1.58. The number of nitrogens with two attached hydrogens (primary N) is 1. The second kappa shape index (κ2) is 5.97. The molecule has 0 bridgehead atoms. The minimum atomic E-state index is -4.88. The quantitative estimate of drug-likeness (QED) is 0.443. The van der Waals surface area contributed by atoms with E-state index in [0.29, 0.717) is 25.7 Å². The van der Waals surface area contributed by atoms with E-state index in [0.717, 1.165) is 12.1 Å². The molecule has 3 N–H and O–H groups in total. The van der Waals surface area contributed by atoms with Gasteiger partial charge in [-0.05, 0) is 36.6 Å². The lowest BCUT2D eigenvalue weighted by Gasteiger charge is -2.36. The van der Waals surface area contributed by atoms with Crippen LogP contribution < -0.4 is 5.73 Å². The molecule has 1 saturated carbocycles. The highest BCUT2D eigenvalue weighted by Crippen LogP contribution is 2.49. The van der Waals surface area contributed by atoms with Gasteiger partial charge in [-0.2, -0.15) is 26.3 Å². The summed E-state index contributed by atoms with van der Waals surface area (Å²) in [6, 6.07) is 1.69. The molecule has 0 radical (unpaired) electrons. The van der Waals surface area contributed by atoms with E-state index >= 15 is 0 Å². The maximum Gasteiger partial charge on any atom is 0.416 e. The number of hydrogen-bond donors (Lipinski definition) is 2. The van der Waals surface area contributed by atoms with Crippen LogP contribution in [0.2, 0.25) is 0 Å². The van der Waals surface area contributed by atoms with Crippen molar-refractivity contribution in [2.24, 2.45) is 11.7 Å². The number of rotatable bonds is 3. The second-order valence-electron chi connectivity index (χ2n) is 6.33. The smallest absolute Gasteiger partial charge is 0.387 e. The minimum absolute atomic E-state index is 0.0372. The van der Waals surface area contributed by atoms with Crippen molar-refractivity contribution in [1.29, 1.82) is 5.41 Å². The molecule has 8 heteroatoms. The van der Waals surface area contributed by atoms with E-state index < -0.39 is 34.8 Å². The lowest BCUT2D eigenvalue weighted by Crippen LogP contribution is -2.39. The zero-order chi connectivity index (χ0) is 18.3. The zero-order valence-corrected chi connectivity index (χ0v) is 13.0. The monoisotopic (exact) mass is 352 g/mol. The summed E-state index contributed by atoms with van der Waals surface area (Å²) >= 11 is 0. The van der Waals surface area contributed by atoms with E-state index in [4.69, 9.17) is 11.1 Å². The number of benzene rings is 1. The first-order valence-electron chi connectivity index (χ1n) is 7.52. The summed E-state index contributed by atoms with van der Waals surface area (Å²) in [7, 11) is 0. The summed E-state index contributed by atoms with van der Waals surface area (Å²) in [6.07, 6.45) is -7.59. The van der Waals surface area contributed by atoms with E-state index in [9.17, 15) is 26.3 Å². The van der Waals surface area contributed by atoms with Crippen LogP contribution in [0.3, 0.4) is 0 Å². The van der Waals surface area contributed by atoms with Crippen molar-refractivity contribution in [2.75, 3.05) is 0 Å². The van der Waals surface area contributed by atoms with Crippen molar-refractivity contribution in [3.63, 3.8) is 0 Å². The Hall–Kier alpha value is -1.73. The molecule has 1 aliphatic carbocycles. The van der Waals surface area contributed by atoms with Gasteiger partial charge in [0.2, 0.25) is 0 Å². The van der Waals surface area contributed by atoms with Crippen LogP contribution in [0.5, 0.6) is 0 Å². The molecular weight excluding hydrogens is 334 g/mol. The Balaban J connectivity index is 2.69. The Kier molecular flexibility index (Phi) is 4.63. The standard InChI is InChI=1S/C16H18F6N2/c1-9(13(23)24)14(4-2-3-5-14)10-6-11(15(17,18)19)8-12(7-10)16(20,21)22/h6-9H,2-5H2,1H3,(H3,23,24). The molecule has 0 aromatic heterocycles. The fraction of sp³-hybridized carbons (Fsp3) is 0.562. The Bertz CT molecular complexity index is 594. The number of halogens is 6. The maximum absolute atomic E-state index is 13.1. The molecular formula is C16H18F6N2. The van der Waals surface area contributed by atoms with Crippen molar-refractivity contribution in [2.45, 2.75) is 50.4 Å². The molecule has 2 nitrogen and oxygen atoms in total. The molecule has 0 spiro atoms. The first-order chi connectivity index (χ1) is 10.9. The zero-order valence-electron chi connectivity index (χ0n) is 13.0. The maximum atomic E-state index is 13.1. The summed E-state index contributed by atoms with van der Waals surface area (Å²) in [5.74, 6) is -0.868. The number of amidine groups is 1. The van der Waals surface area contributed by atoms with E-state index in [-0.39, 0.29) is 17.5 Å². The number of nitrogens with one attached hydrogen (secondary N) is 1. The van der Waals surface area contributed by atoms with E-state index in [1.807, 2.05) is 0 Å². The van der Waals surface area contributed by atoms with Crippen LogP contribution in [0.4, 0.5) is 26.3 Å². The van der Waals surface area contributed by atoms with Gasteiger partial charge in [-0.1, -0.05) is 19.8 Å². The van der Waals surface area contributed by atoms with Crippen molar-refractivity contribution in [3.8, 4) is 0 Å². The molecule has 1 fully saturated rings. The Morgan fingerprint density at radius 1 is 1.00 bits per heavy atom. The van der Waals surface area contributed by atoms with Crippen LogP contribution in [0.1, 0.15) is 49.3 Å². The topological polar surface area (TPSA) is 49.9 Å². The fourth-order valence-electron chi connectivity index (χ4n) is 3.52. The average molecular weight is 352 g/mol. The summed E-state index contributed by atoms with van der Waals surface area (Å²) in [5, 5.41) is 7.63. The van der Waals surface area contributed by atoms with Crippen LogP contribution in [0.15, 0.2) is 18.2 Å². The third-order valence-corrected chi connectivity index (χ3v) is 4.95. The Labute approximate surface area is 135 Å². The highest BCUT2D eigenvalue weighted by atomic mass is 19.4. The van der Waals surface area contributed by atoms with Crippen molar-refractivity contribution >= 4 is 5.84 Å². The molecule has 1 aromatic rings. The van der Waals surface area contributed by atoms with Gasteiger partial charge >= 0.3 is 12.4 Å². The van der Waals surface area contributed by atoms with Crippen molar-refractivity contribution in [3.05, 3.63) is 34.9 Å². The van der Waals surface area contributed by atoms with Crippen LogP contribution in [-0.2, 0) is 17.8 Å². The molecule has 134 valence electrons. The van der Waals surface area contributed by atoms with Crippen LogP contribution in [0.25, 0.3) is 0 Å². The first kappa shape index (κ1) is 18.6. The van der Waals surface area contributed by atoms with E-state index in [2.05, 4.69) is 0 Å². The van der Waals surface area contributed by atoms with E-state index in [1.54, 1.807) is 6.92 Å². The molecule has 1 aliphatic rings. The van der Waals surface area contributed by atoms with Gasteiger partial charge in [0, 0.05) is 11.3 Å². The third kappa shape index (κ3) is 3.37. The number of hydrogen-bond acceptors (Lipinski definition) is 1.